The Balaban J connectivity index is 1.62. The van der Waals surface area contributed by atoms with Gasteiger partial charge in [0, 0.05) is 36.1 Å². The first-order valence-corrected chi connectivity index (χ1v) is 10.9. The normalized spacial score (nSPS) is 11.1. The van der Waals surface area contributed by atoms with Crippen molar-refractivity contribution in [1.82, 2.24) is 9.97 Å². The molecule has 2 heterocycles. The van der Waals surface area contributed by atoms with Crippen molar-refractivity contribution < 1.29 is 22.8 Å². The lowest BCUT2D eigenvalue weighted by molar-refractivity contribution is -0.137. The number of carbonyl (C=O) groups is 2. The summed E-state index contributed by atoms with van der Waals surface area (Å²) in [5.41, 5.74) is 3.43. The van der Waals surface area contributed by atoms with Gasteiger partial charge in [0.1, 0.15) is 5.82 Å². The molecule has 2 amide bonds. The molecular formula is C27H21F3N4O2. The van der Waals surface area contributed by atoms with E-state index in [0.717, 1.165) is 34.4 Å². The van der Waals surface area contributed by atoms with E-state index in [1.807, 2.05) is 25.1 Å². The lowest BCUT2D eigenvalue weighted by Crippen LogP contribution is -2.14. The highest BCUT2D eigenvalue weighted by molar-refractivity contribution is 6.04. The molecule has 4 rings (SSSR count). The van der Waals surface area contributed by atoms with Gasteiger partial charge in [0.15, 0.2) is 0 Å². The summed E-state index contributed by atoms with van der Waals surface area (Å²) in [6.45, 7) is 3.31. The fraction of sp³-hybridized carbons (Fsp3) is 0.111. The molecule has 0 radical (unpaired) electrons. The van der Waals surface area contributed by atoms with Crippen LogP contribution in [0.3, 0.4) is 0 Å². The molecule has 36 heavy (non-hydrogen) atoms. The monoisotopic (exact) mass is 490 g/mol. The minimum Gasteiger partial charge on any atom is -0.322 e. The first kappa shape index (κ1) is 24.6. The molecule has 0 aliphatic rings. The van der Waals surface area contributed by atoms with Gasteiger partial charge in [-0.2, -0.15) is 13.2 Å². The van der Waals surface area contributed by atoms with Crippen molar-refractivity contribution in [1.29, 1.82) is 0 Å². The number of pyridine rings is 2. The number of benzene rings is 2. The molecule has 0 aliphatic heterocycles. The third kappa shape index (κ3) is 5.75. The van der Waals surface area contributed by atoms with Crippen molar-refractivity contribution in [2.45, 2.75) is 20.0 Å². The van der Waals surface area contributed by atoms with Gasteiger partial charge < -0.3 is 10.6 Å². The Kier molecular flexibility index (Phi) is 6.82. The Labute approximate surface area is 205 Å². The van der Waals surface area contributed by atoms with Crippen LogP contribution in [0.15, 0.2) is 79.1 Å². The third-order valence-corrected chi connectivity index (χ3v) is 5.38. The van der Waals surface area contributed by atoms with E-state index < -0.39 is 17.6 Å². The van der Waals surface area contributed by atoms with Gasteiger partial charge in [-0.05, 0) is 78.2 Å². The van der Waals surface area contributed by atoms with Crippen LogP contribution in [0.2, 0.25) is 0 Å². The summed E-state index contributed by atoms with van der Waals surface area (Å²) < 4.78 is 39.1. The molecule has 2 aromatic carbocycles. The van der Waals surface area contributed by atoms with Gasteiger partial charge in [-0.15, -0.1) is 0 Å². The second-order valence-electron chi connectivity index (χ2n) is 8.10. The van der Waals surface area contributed by atoms with Gasteiger partial charge in [-0.1, -0.05) is 12.1 Å². The number of hydrogen-bond acceptors (Lipinski definition) is 4. The van der Waals surface area contributed by atoms with Crippen molar-refractivity contribution in [2.75, 3.05) is 10.6 Å². The van der Waals surface area contributed by atoms with E-state index in [-0.39, 0.29) is 11.5 Å². The number of halogens is 3. The Morgan fingerprint density at radius 3 is 2.33 bits per heavy atom. The minimum atomic E-state index is -4.54. The molecule has 0 saturated carbocycles. The molecule has 0 unspecified atom stereocenters. The van der Waals surface area contributed by atoms with Gasteiger partial charge >= 0.3 is 6.18 Å². The second kappa shape index (κ2) is 9.99. The number of rotatable bonds is 5. The van der Waals surface area contributed by atoms with Gasteiger partial charge in [0.25, 0.3) is 5.91 Å². The number of alkyl halides is 3. The van der Waals surface area contributed by atoms with Gasteiger partial charge in [-0.25, -0.2) is 4.98 Å². The molecule has 0 fully saturated rings. The summed E-state index contributed by atoms with van der Waals surface area (Å²) in [5, 5.41) is 5.32. The van der Waals surface area contributed by atoms with Crippen molar-refractivity contribution in [3.8, 4) is 22.4 Å². The molecule has 4 aromatic rings. The number of aryl methyl sites for hydroxylation is 1. The molecule has 0 bridgehead atoms. The van der Waals surface area contributed by atoms with E-state index >= 15 is 0 Å². The molecule has 182 valence electrons. The second-order valence-corrected chi connectivity index (χ2v) is 8.10. The molecule has 6 nitrogen and oxygen atoms in total. The highest BCUT2D eigenvalue weighted by Gasteiger charge is 2.30. The summed E-state index contributed by atoms with van der Waals surface area (Å²) in [6.07, 6.45) is -1.31. The fourth-order valence-corrected chi connectivity index (χ4v) is 3.65. The quantitative estimate of drug-likeness (QED) is 0.342. The highest BCUT2D eigenvalue weighted by atomic mass is 19.4. The summed E-state index contributed by atoms with van der Waals surface area (Å²) in [7, 11) is 0. The number of aromatic nitrogens is 2. The first-order valence-electron chi connectivity index (χ1n) is 10.9. The van der Waals surface area contributed by atoms with Crippen molar-refractivity contribution in [3.05, 3.63) is 95.8 Å². The summed E-state index contributed by atoms with van der Waals surface area (Å²) >= 11 is 0. The van der Waals surface area contributed by atoms with Crippen molar-refractivity contribution in [2.24, 2.45) is 0 Å². The number of nitrogens with zero attached hydrogens (tertiary/aromatic N) is 2. The number of carbonyl (C=O) groups excluding carboxylic acids is 2. The maximum absolute atomic E-state index is 13.0. The molecule has 9 heteroatoms. The Hall–Kier alpha value is -4.53. The van der Waals surface area contributed by atoms with Crippen molar-refractivity contribution >= 4 is 23.3 Å². The zero-order valence-corrected chi connectivity index (χ0v) is 19.4. The summed E-state index contributed by atoms with van der Waals surface area (Å²) in [6, 6.07) is 16.7. The van der Waals surface area contributed by atoms with E-state index in [0.29, 0.717) is 17.2 Å². The predicted octanol–water partition coefficient (Wildman–Crippen LogP) is 6.35. The van der Waals surface area contributed by atoms with Gasteiger partial charge in [0.2, 0.25) is 5.91 Å². The molecule has 2 aromatic heterocycles. The largest absolute Gasteiger partial charge is 0.416 e. The minimum absolute atomic E-state index is 0.0918. The lowest BCUT2D eigenvalue weighted by atomic mass is 9.99. The van der Waals surface area contributed by atoms with Crippen LogP contribution in [0, 0.1) is 6.92 Å². The maximum Gasteiger partial charge on any atom is 0.416 e. The molecule has 0 atom stereocenters. The van der Waals surface area contributed by atoms with Crippen LogP contribution in [-0.4, -0.2) is 21.8 Å². The third-order valence-electron chi connectivity index (χ3n) is 5.38. The average molecular weight is 490 g/mol. The first-order chi connectivity index (χ1) is 17.1. The number of amides is 2. The molecule has 2 N–H and O–H groups in total. The number of hydrogen-bond donors (Lipinski definition) is 2. The average Bonchev–Trinajstić information content (AvgIpc) is 2.84. The maximum atomic E-state index is 13.0. The van der Waals surface area contributed by atoms with E-state index in [1.165, 1.54) is 19.1 Å². The standard InChI is InChI=1S/C27H21F3N4O2/c1-16-6-7-22(34-26(36)20-4-3-5-21(12-20)27(28,29)30)15-23(16)18-8-10-31-24(13-18)19-9-11-32-25(14-19)33-17(2)35/h3-15H,1-2H3,(H,34,36)(H,32,33,35). The van der Waals surface area contributed by atoms with E-state index in [2.05, 4.69) is 20.6 Å². The molecule has 0 saturated heterocycles. The fourth-order valence-electron chi connectivity index (χ4n) is 3.65. The highest BCUT2D eigenvalue weighted by Crippen LogP contribution is 2.31. The van der Waals surface area contributed by atoms with Crippen LogP contribution in [0.1, 0.15) is 28.4 Å². The van der Waals surface area contributed by atoms with Crippen LogP contribution in [0.5, 0.6) is 0 Å². The van der Waals surface area contributed by atoms with Gasteiger partial charge in [-0.3, -0.25) is 14.6 Å². The molecule has 0 spiro atoms. The van der Waals surface area contributed by atoms with E-state index in [4.69, 9.17) is 0 Å². The van der Waals surface area contributed by atoms with Gasteiger partial charge in [0.05, 0.1) is 11.3 Å². The number of anilines is 2. The smallest absolute Gasteiger partial charge is 0.322 e. The van der Waals surface area contributed by atoms with E-state index in [1.54, 1.807) is 36.7 Å². The zero-order valence-electron chi connectivity index (χ0n) is 19.4. The Bertz CT molecular complexity index is 1450. The molecule has 0 aliphatic carbocycles. The Morgan fingerprint density at radius 1 is 0.833 bits per heavy atom. The Morgan fingerprint density at radius 2 is 1.58 bits per heavy atom. The molecular weight excluding hydrogens is 469 g/mol. The van der Waals surface area contributed by atoms with Crippen LogP contribution < -0.4 is 10.6 Å². The van der Waals surface area contributed by atoms with Crippen LogP contribution in [-0.2, 0) is 11.0 Å². The SMILES string of the molecule is CC(=O)Nc1cc(-c2cc(-c3cc(NC(=O)c4cccc(C(F)(F)F)c4)ccc3C)ccn2)ccn1. The predicted molar refractivity (Wildman–Crippen MR) is 131 cm³/mol. The summed E-state index contributed by atoms with van der Waals surface area (Å²) in [4.78, 5) is 32.5. The van der Waals surface area contributed by atoms with Crippen LogP contribution >= 0.6 is 0 Å². The summed E-state index contributed by atoms with van der Waals surface area (Å²) in [5.74, 6) is -0.475. The van der Waals surface area contributed by atoms with E-state index in [9.17, 15) is 22.8 Å². The topological polar surface area (TPSA) is 84.0 Å². The van der Waals surface area contributed by atoms with Crippen molar-refractivity contribution in [3.63, 3.8) is 0 Å². The zero-order chi connectivity index (χ0) is 25.9. The van der Waals surface area contributed by atoms with Crippen LogP contribution in [0.4, 0.5) is 24.7 Å². The number of nitrogens with one attached hydrogen (secondary N) is 2. The van der Waals surface area contributed by atoms with Crippen LogP contribution in [0.25, 0.3) is 22.4 Å². The lowest BCUT2D eigenvalue weighted by Gasteiger charge is -2.13.